The summed E-state index contributed by atoms with van der Waals surface area (Å²) in [5.41, 5.74) is 0. The fourth-order valence-corrected chi connectivity index (χ4v) is 3.09. The highest BCUT2D eigenvalue weighted by Crippen LogP contribution is 2.15. The van der Waals surface area contributed by atoms with Gasteiger partial charge in [-0.15, -0.1) is 8.58 Å². The number of unbranched alkanes of at least 4 members (excludes halogenated alkanes) is 2. The number of likely N-dealkylation sites (N-methyl/N-ethyl adjacent to an activating group) is 1. The second-order valence-corrected chi connectivity index (χ2v) is 7.01. The van der Waals surface area contributed by atoms with Crippen molar-refractivity contribution in [3.8, 4) is 0 Å². The quantitative estimate of drug-likeness (QED) is 0.296. The third-order valence-corrected chi connectivity index (χ3v) is 4.56. The molecule has 0 aromatic rings. The zero-order chi connectivity index (χ0) is 14.0. The van der Waals surface area contributed by atoms with E-state index >= 15 is 0 Å². The van der Waals surface area contributed by atoms with Gasteiger partial charge in [0.25, 0.3) is 0 Å². The van der Waals surface area contributed by atoms with Gasteiger partial charge in [-0.3, -0.25) is 0 Å². The normalized spacial score (nSPS) is 16.3. The maximum Gasteiger partial charge on any atom is 0.107 e. The van der Waals surface area contributed by atoms with Crippen LogP contribution in [0.4, 0.5) is 0 Å². The first kappa shape index (κ1) is 18.3. The maximum absolute atomic E-state index is 9.97. The molecule has 0 amide bonds. The Morgan fingerprint density at radius 2 is 1.67 bits per heavy atom. The van der Waals surface area contributed by atoms with E-state index in [1.807, 2.05) is 0 Å². The third kappa shape index (κ3) is 10.2. The highest BCUT2D eigenvalue weighted by molar-refractivity contribution is 7.38. The molecule has 3 N–H and O–H groups in total. The predicted molar refractivity (Wildman–Crippen MR) is 78.5 cm³/mol. The first-order chi connectivity index (χ1) is 8.41. The van der Waals surface area contributed by atoms with Crippen molar-refractivity contribution in [3.05, 3.63) is 0 Å². The molecule has 0 saturated carbocycles. The number of quaternary nitrogens is 1. The second-order valence-electron chi connectivity index (χ2n) is 5.70. The van der Waals surface area contributed by atoms with Crippen LogP contribution in [0.5, 0.6) is 0 Å². The molecule has 3 atom stereocenters. The lowest BCUT2D eigenvalue weighted by atomic mass is 10.2. The molecule has 0 saturated heterocycles. The molecular formula is C13H31NO3P+. The summed E-state index contributed by atoms with van der Waals surface area (Å²) in [6, 6.07) is 0. The molecule has 0 heterocycles. The van der Waals surface area contributed by atoms with Crippen molar-refractivity contribution in [2.24, 2.45) is 0 Å². The smallest absolute Gasteiger partial charge is 0.107 e. The summed E-state index contributed by atoms with van der Waals surface area (Å²) in [4.78, 5) is 0. The molecule has 0 aliphatic heterocycles. The van der Waals surface area contributed by atoms with Gasteiger partial charge in [0, 0.05) is 0 Å². The van der Waals surface area contributed by atoms with Crippen LogP contribution in [0.3, 0.4) is 0 Å². The molecule has 0 spiro atoms. The van der Waals surface area contributed by atoms with Crippen molar-refractivity contribution >= 4 is 8.58 Å². The Hall–Kier alpha value is 0.270. The molecule has 110 valence electrons. The van der Waals surface area contributed by atoms with E-state index in [2.05, 4.69) is 21.0 Å². The molecule has 5 heteroatoms. The van der Waals surface area contributed by atoms with Crippen LogP contribution in [0, 0.1) is 0 Å². The van der Waals surface area contributed by atoms with Gasteiger partial charge in [-0.2, -0.15) is 0 Å². The molecule has 0 aliphatic rings. The lowest BCUT2D eigenvalue weighted by Gasteiger charge is -2.32. The van der Waals surface area contributed by atoms with E-state index in [0.717, 1.165) is 23.7 Å². The summed E-state index contributed by atoms with van der Waals surface area (Å²) in [6.45, 7) is 3.89. The number of hydrogen-bond donors (Lipinski definition) is 3. The Morgan fingerprint density at radius 1 is 1.06 bits per heavy atom. The third-order valence-electron chi connectivity index (χ3n) is 3.04. The van der Waals surface area contributed by atoms with Gasteiger partial charge in [0.15, 0.2) is 0 Å². The summed E-state index contributed by atoms with van der Waals surface area (Å²) in [7, 11) is 4.83. The van der Waals surface area contributed by atoms with Gasteiger partial charge in [0.1, 0.15) is 12.6 Å². The van der Waals surface area contributed by atoms with E-state index in [1.165, 1.54) is 19.3 Å². The first-order valence-corrected chi connectivity index (χ1v) is 8.32. The van der Waals surface area contributed by atoms with E-state index in [4.69, 9.17) is 5.11 Å². The Bertz CT molecular complexity index is 203. The van der Waals surface area contributed by atoms with Crippen molar-refractivity contribution in [1.29, 1.82) is 0 Å². The predicted octanol–water partition coefficient (Wildman–Crippen LogP) is 0.646. The van der Waals surface area contributed by atoms with Crippen LogP contribution in [0.2, 0.25) is 0 Å². The average molecular weight is 280 g/mol. The first-order valence-electron chi connectivity index (χ1n) is 6.91. The van der Waals surface area contributed by atoms with E-state index < -0.39 is 6.10 Å². The highest BCUT2D eigenvalue weighted by atomic mass is 31.1. The Balaban J connectivity index is 3.73. The van der Waals surface area contributed by atoms with Crippen LogP contribution in [-0.4, -0.2) is 78.1 Å². The number of hydrogen-bond acceptors (Lipinski definition) is 3. The standard InChI is InChI=1S/C13H31NO3P/c1-4-5-6-7-14(2,3)8-12(16)10-18-11-13(17)9-15/h12-13,15-18H,4-11H2,1-3H3/q+1. The van der Waals surface area contributed by atoms with E-state index in [0.29, 0.717) is 14.7 Å². The molecule has 0 rings (SSSR count). The lowest BCUT2D eigenvalue weighted by Crippen LogP contribution is -2.46. The number of nitrogens with zero attached hydrogens (tertiary/aromatic N) is 1. The van der Waals surface area contributed by atoms with E-state index in [-0.39, 0.29) is 12.7 Å². The maximum atomic E-state index is 9.97. The number of aliphatic hydroxyl groups excluding tert-OH is 3. The summed E-state index contributed by atoms with van der Waals surface area (Å²) >= 11 is 0. The topological polar surface area (TPSA) is 60.7 Å². The lowest BCUT2D eigenvalue weighted by molar-refractivity contribution is -0.893. The van der Waals surface area contributed by atoms with Gasteiger partial charge in [0.05, 0.1) is 33.4 Å². The van der Waals surface area contributed by atoms with Crippen LogP contribution in [0.1, 0.15) is 26.2 Å². The van der Waals surface area contributed by atoms with Crippen molar-refractivity contribution in [2.45, 2.75) is 38.4 Å². The van der Waals surface area contributed by atoms with Crippen molar-refractivity contribution < 1.29 is 19.8 Å². The Morgan fingerprint density at radius 3 is 2.22 bits per heavy atom. The summed E-state index contributed by atoms with van der Waals surface area (Å²) in [5.74, 6) is 0. The zero-order valence-corrected chi connectivity index (χ0v) is 13.1. The summed E-state index contributed by atoms with van der Waals surface area (Å²) in [6.07, 6.45) is 4.09. The largest absolute Gasteiger partial charge is 0.394 e. The van der Waals surface area contributed by atoms with Crippen LogP contribution in [0.15, 0.2) is 0 Å². The number of aliphatic hydroxyl groups is 3. The van der Waals surface area contributed by atoms with Crippen molar-refractivity contribution in [2.75, 3.05) is 46.1 Å². The van der Waals surface area contributed by atoms with E-state index in [1.54, 1.807) is 0 Å². The minimum Gasteiger partial charge on any atom is -0.394 e. The van der Waals surface area contributed by atoms with Crippen LogP contribution >= 0.6 is 8.58 Å². The van der Waals surface area contributed by atoms with Crippen LogP contribution in [0.25, 0.3) is 0 Å². The summed E-state index contributed by atoms with van der Waals surface area (Å²) < 4.78 is 0.855. The Kier molecular flexibility index (Phi) is 10.3. The molecule has 18 heavy (non-hydrogen) atoms. The van der Waals surface area contributed by atoms with Crippen LogP contribution in [-0.2, 0) is 0 Å². The van der Waals surface area contributed by atoms with Crippen molar-refractivity contribution in [3.63, 3.8) is 0 Å². The van der Waals surface area contributed by atoms with E-state index in [9.17, 15) is 10.2 Å². The van der Waals surface area contributed by atoms with Gasteiger partial charge in [0.2, 0.25) is 0 Å². The van der Waals surface area contributed by atoms with Gasteiger partial charge >= 0.3 is 0 Å². The summed E-state index contributed by atoms with van der Waals surface area (Å²) in [5, 5.41) is 27.9. The molecule has 0 aromatic carbocycles. The zero-order valence-electron chi connectivity index (χ0n) is 12.1. The fourth-order valence-electron chi connectivity index (χ4n) is 2.00. The van der Waals surface area contributed by atoms with Crippen molar-refractivity contribution in [1.82, 2.24) is 0 Å². The molecule has 0 aliphatic carbocycles. The highest BCUT2D eigenvalue weighted by Gasteiger charge is 2.19. The van der Waals surface area contributed by atoms with Gasteiger partial charge in [-0.05, 0) is 25.2 Å². The molecule has 4 nitrogen and oxygen atoms in total. The number of rotatable bonds is 11. The molecule has 0 aromatic heterocycles. The van der Waals surface area contributed by atoms with Crippen LogP contribution < -0.4 is 0 Å². The molecule has 0 radical (unpaired) electrons. The Labute approximate surface area is 113 Å². The monoisotopic (exact) mass is 280 g/mol. The SMILES string of the molecule is CCCCC[N+](C)(C)CC(O)CPCC(O)CO. The minimum absolute atomic E-state index is 0.179. The molecule has 0 bridgehead atoms. The fraction of sp³-hybridized carbons (Fsp3) is 1.00. The van der Waals surface area contributed by atoms with Gasteiger partial charge in [-0.1, -0.05) is 13.3 Å². The average Bonchev–Trinajstić information content (AvgIpc) is 2.28. The minimum atomic E-state index is -0.623. The van der Waals surface area contributed by atoms with Gasteiger partial charge in [-0.25, -0.2) is 0 Å². The molecular weight excluding hydrogens is 249 g/mol. The second kappa shape index (κ2) is 10.1. The van der Waals surface area contributed by atoms with Gasteiger partial charge < -0.3 is 19.8 Å². The molecule has 3 unspecified atom stereocenters. The molecule has 0 fully saturated rings.